The number of rotatable bonds is 3. The molecular weight excluding hydrogens is 279 g/mol. The average Bonchev–Trinajstić information content (AvgIpc) is 3.14. The third-order valence-electron chi connectivity index (χ3n) is 6.46. The van der Waals surface area contributed by atoms with Gasteiger partial charge in [-0.15, -0.1) is 0 Å². The predicted octanol–water partition coefficient (Wildman–Crippen LogP) is 3.49. The van der Waals surface area contributed by atoms with Gasteiger partial charge in [0.2, 0.25) is 0 Å². The first-order chi connectivity index (χ1) is 10.5. The number of fused-ring (bicyclic) bond motifs is 1. The van der Waals surface area contributed by atoms with Gasteiger partial charge in [-0.25, -0.2) is 0 Å². The molecule has 5 atom stereocenters. The van der Waals surface area contributed by atoms with Crippen LogP contribution in [0.3, 0.4) is 0 Å². The number of furan rings is 1. The molecule has 1 aromatic rings. The Morgan fingerprint density at radius 2 is 1.95 bits per heavy atom. The lowest BCUT2D eigenvalue weighted by atomic mass is 9.44. The predicted molar refractivity (Wildman–Crippen MR) is 83.7 cm³/mol. The molecule has 0 radical (unpaired) electrons. The molecule has 1 saturated carbocycles. The number of ether oxygens (including phenoxy) is 1. The highest BCUT2D eigenvalue weighted by atomic mass is 16.7. The summed E-state index contributed by atoms with van der Waals surface area (Å²) in [7, 11) is -0.169. The van der Waals surface area contributed by atoms with Gasteiger partial charge in [0.1, 0.15) is 5.76 Å². The van der Waals surface area contributed by atoms with Crippen LogP contribution in [0.2, 0.25) is 5.82 Å². The lowest BCUT2D eigenvalue weighted by molar-refractivity contribution is -0.0119. The quantitative estimate of drug-likeness (QED) is 0.802. The smallest absolute Gasteiger partial charge is 0.462 e. The van der Waals surface area contributed by atoms with Gasteiger partial charge in [-0.2, -0.15) is 0 Å². The maximum atomic E-state index is 6.43. The summed E-state index contributed by atoms with van der Waals surface area (Å²) in [4.78, 5) is 0. The molecule has 5 heteroatoms. The first kappa shape index (κ1) is 14.8. The highest BCUT2D eigenvalue weighted by molar-refractivity contribution is 6.48. The van der Waals surface area contributed by atoms with E-state index < -0.39 is 0 Å². The third-order valence-corrected chi connectivity index (χ3v) is 6.46. The van der Waals surface area contributed by atoms with E-state index in [1.807, 2.05) is 6.07 Å². The van der Waals surface area contributed by atoms with E-state index in [0.29, 0.717) is 23.6 Å². The van der Waals surface area contributed by atoms with E-state index in [1.165, 1.54) is 0 Å². The van der Waals surface area contributed by atoms with Crippen LogP contribution in [0.1, 0.15) is 45.8 Å². The first-order valence-corrected chi connectivity index (χ1v) is 8.43. The van der Waals surface area contributed by atoms with Crippen LogP contribution in [0.5, 0.6) is 0 Å². The summed E-state index contributed by atoms with van der Waals surface area (Å²) < 4.78 is 24.2. The van der Waals surface area contributed by atoms with Gasteiger partial charge in [0, 0.05) is 18.3 Å². The fourth-order valence-electron chi connectivity index (χ4n) is 4.52. The highest BCUT2D eigenvalue weighted by Crippen LogP contribution is 2.62. The largest absolute Gasteiger partial charge is 0.469 e. The van der Waals surface area contributed by atoms with Gasteiger partial charge in [-0.3, -0.25) is 0 Å². The van der Waals surface area contributed by atoms with Crippen LogP contribution in [-0.4, -0.2) is 31.5 Å². The standard InChI is InChI=1S/C17H25BO4/c1-5-17(4)16(2,3)21-18(22-17)15-12-10-19-9-11(12)14(15)13-7-6-8-20-13/h6-8,11-12,14-15H,5,9-10H2,1-4H3/t11-,12+,14-,15-,17-/m1/s1. The van der Waals surface area contributed by atoms with E-state index in [-0.39, 0.29) is 18.3 Å². The zero-order valence-electron chi connectivity index (χ0n) is 13.9. The highest BCUT2D eigenvalue weighted by Gasteiger charge is 2.65. The zero-order valence-corrected chi connectivity index (χ0v) is 13.9. The van der Waals surface area contributed by atoms with Crippen molar-refractivity contribution in [3.8, 4) is 0 Å². The molecule has 0 aromatic carbocycles. The summed E-state index contributed by atoms with van der Waals surface area (Å²) in [5.74, 6) is 2.79. The Labute approximate surface area is 132 Å². The SMILES string of the molecule is CC[C@@]1(C)OB([C@@H]2[C@H]3COC[C@H]3[C@@H]2c2ccco2)OC1(C)C. The molecule has 4 rings (SSSR count). The van der Waals surface area contributed by atoms with Gasteiger partial charge < -0.3 is 18.5 Å². The minimum Gasteiger partial charge on any atom is -0.469 e. The van der Waals surface area contributed by atoms with Crippen molar-refractivity contribution in [2.24, 2.45) is 11.8 Å². The lowest BCUT2D eigenvalue weighted by Gasteiger charge is -2.47. The van der Waals surface area contributed by atoms with E-state index in [0.717, 1.165) is 25.4 Å². The topological polar surface area (TPSA) is 40.8 Å². The zero-order chi connectivity index (χ0) is 15.5. The Morgan fingerprint density at radius 1 is 1.18 bits per heavy atom. The lowest BCUT2D eigenvalue weighted by Crippen LogP contribution is -2.49. The second-order valence-electron chi connectivity index (χ2n) is 7.68. The van der Waals surface area contributed by atoms with Crippen LogP contribution in [0.15, 0.2) is 22.8 Å². The van der Waals surface area contributed by atoms with Crippen LogP contribution < -0.4 is 0 Å². The second kappa shape index (κ2) is 4.86. The summed E-state index contributed by atoms with van der Waals surface area (Å²) >= 11 is 0. The molecule has 2 aliphatic heterocycles. The summed E-state index contributed by atoms with van der Waals surface area (Å²) in [5, 5.41) is 0. The second-order valence-corrected chi connectivity index (χ2v) is 7.68. The molecule has 3 heterocycles. The molecule has 2 saturated heterocycles. The molecule has 0 N–H and O–H groups in total. The van der Waals surface area contributed by atoms with Crippen molar-refractivity contribution < 1.29 is 18.5 Å². The summed E-state index contributed by atoms with van der Waals surface area (Å²) in [5.41, 5.74) is -0.513. The molecule has 0 amide bonds. The van der Waals surface area contributed by atoms with Crippen LogP contribution in [0.4, 0.5) is 0 Å². The molecule has 0 spiro atoms. The van der Waals surface area contributed by atoms with Crippen LogP contribution >= 0.6 is 0 Å². The van der Waals surface area contributed by atoms with Crippen molar-refractivity contribution in [2.75, 3.05) is 13.2 Å². The summed E-state index contributed by atoms with van der Waals surface area (Å²) in [6.07, 6.45) is 2.70. The molecular formula is C17H25BO4. The number of hydrogen-bond acceptors (Lipinski definition) is 4. The van der Waals surface area contributed by atoms with Gasteiger partial charge in [0.05, 0.1) is 24.1 Å². The van der Waals surface area contributed by atoms with Crippen molar-refractivity contribution >= 4 is 7.12 Å². The van der Waals surface area contributed by atoms with Crippen LogP contribution in [0.25, 0.3) is 0 Å². The fourth-order valence-corrected chi connectivity index (χ4v) is 4.52. The molecule has 1 aromatic heterocycles. The Kier molecular flexibility index (Phi) is 3.27. The molecule has 0 unspecified atom stereocenters. The number of hydrogen-bond donors (Lipinski definition) is 0. The van der Waals surface area contributed by atoms with E-state index in [9.17, 15) is 0 Å². The van der Waals surface area contributed by atoms with E-state index in [4.69, 9.17) is 18.5 Å². The Morgan fingerprint density at radius 3 is 2.59 bits per heavy atom. The van der Waals surface area contributed by atoms with Gasteiger partial charge in [-0.05, 0) is 51.2 Å². The molecule has 3 aliphatic rings. The van der Waals surface area contributed by atoms with Crippen molar-refractivity contribution in [3.63, 3.8) is 0 Å². The maximum Gasteiger partial charge on any atom is 0.462 e. The monoisotopic (exact) mass is 304 g/mol. The van der Waals surface area contributed by atoms with Crippen molar-refractivity contribution in [1.82, 2.24) is 0 Å². The minimum absolute atomic E-state index is 0.169. The Bertz CT molecular complexity index is 543. The van der Waals surface area contributed by atoms with E-state index in [2.05, 4.69) is 33.8 Å². The third kappa shape index (κ3) is 1.88. The van der Waals surface area contributed by atoms with Crippen LogP contribution in [-0.2, 0) is 14.0 Å². The van der Waals surface area contributed by atoms with Gasteiger partial charge in [-0.1, -0.05) is 6.92 Å². The van der Waals surface area contributed by atoms with E-state index in [1.54, 1.807) is 6.26 Å². The fraction of sp³-hybridized carbons (Fsp3) is 0.765. The molecule has 120 valence electrons. The Balaban J connectivity index is 1.61. The first-order valence-electron chi connectivity index (χ1n) is 8.43. The minimum atomic E-state index is -0.273. The van der Waals surface area contributed by atoms with Gasteiger partial charge in [0.25, 0.3) is 0 Å². The normalized spacial score (nSPS) is 43.2. The molecule has 4 nitrogen and oxygen atoms in total. The maximum absolute atomic E-state index is 6.43. The van der Waals surface area contributed by atoms with Gasteiger partial charge in [0.15, 0.2) is 0 Å². The molecule has 1 aliphatic carbocycles. The van der Waals surface area contributed by atoms with Crippen molar-refractivity contribution in [1.29, 1.82) is 0 Å². The van der Waals surface area contributed by atoms with Crippen molar-refractivity contribution in [2.45, 2.75) is 57.1 Å². The molecule has 22 heavy (non-hydrogen) atoms. The average molecular weight is 304 g/mol. The Hall–Kier alpha value is -0.775. The molecule has 3 fully saturated rings. The van der Waals surface area contributed by atoms with E-state index >= 15 is 0 Å². The van der Waals surface area contributed by atoms with Gasteiger partial charge >= 0.3 is 7.12 Å². The molecule has 0 bridgehead atoms. The van der Waals surface area contributed by atoms with Crippen molar-refractivity contribution in [3.05, 3.63) is 24.2 Å². The summed E-state index contributed by atoms with van der Waals surface area (Å²) in [6.45, 7) is 10.3. The van der Waals surface area contributed by atoms with Crippen LogP contribution in [0, 0.1) is 11.8 Å². The summed E-state index contributed by atoms with van der Waals surface area (Å²) in [6, 6.07) is 4.04.